The average molecular weight is 184 g/mol. The number of ether oxygens (including phenoxy) is 1. The molecular formula is C11H20O2. The summed E-state index contributed by atoms with van der Waals surface area (Å²) in [4.78, 5) is 0. The zero-order valence-electron chi connectivity index (χ0n) is 8.46. The van der Waals surface area contributed by atoms with Crippen LogP contribution in [0.2, 0.25) is 0 Å². The van der Waals surface area contributed by atoms with Gasteiger partial charge < -0.3 is 9.84 Å². The summed E-state index contributed by atoms with van der Waals surface area (Å²) in [6.45, 7) is 6.82. The Morgan fingerprint density at radius 1 is 1.69 bits per heavy atom. The van der Waals surface area contributed by atoms with Crippen LogP contribution in [0, 0.1) is 0 Å². The van der Waals surface area contributed by atoms with Gasteiger partial charge in [-0.1, -0.05) is 19.1 Å². The van der Waals surface area contributed by atoms with Crippen LogP contribution in [0.15, 0.2) is 12.2 Å². The van der Waals surface area contributed by atoms with E-state index in [9.17, 15) is 5.11 Å². The van der Waals surface area contributed by atoms with Crippen molar-refractivity contribution >= 4 is 0 Å². The summed E-state index contributed by atoms with van der Waals surface area (Å²) in [5.74, 6) is 0. The van der Waals surface area contributed by atoms with Crippen LogP contribution < -0.4 is 0 Å². The second-order valence-electron chi connectivity index (χ2n) is 3.83. The van der Waals surface area contributed by atoms with Crippen molar-refractivity contribution in [1.29, 1.82) is 0 Å². The van der Waals surface area contributed by atoms with E-state index in [1.165, 1.54) is 0 Å². The van der Waals surface area contributed by atoms with Crippen molar-refractivity contribution in [3.05, 3.63) is 12.2 Å². The topological polar surface area (TPSA) is 29.5 Å². The third-order valence-electron chi connectivity index (χ3n) is 2.58. The average Bonchev–Trinajstić information content (AvgIpc) is 2.56. The van der Waals surface area contributed by atoms with E-state index in [2.05, 4.69) is 13.5 Å². The van der Waals surface area contributed by atoms with Crippen molar-refractivity contribution in [3.8, 4) is 0 Å². The smallest absolute Gasteiger partial charge is 0.0601 e. The third kappa shape index (κ3) is 3.92. The van der Waals surface area contributed by atoms with Crippen LogP contribution in [0.4, 0.5) is 0 Å². The number of hydrogen-bond donors (Lipinski definition) is 1. The Labute approximate surface area is 80.6 Å². The van der Waals surface area contributed by atoms with E-state index < -0.39 is 0 Å². The van der Waals surface area contributed by atoms with Gasteiger partial charge in [-0.05, 0) is 32.1 Å². The highest BCUT2D eigenvalue weighted by Gasteiger charge is 2.19. The van der Waals surface area contributed by atoms with Crippen molar-refractivity contribution in [2.24, 2.45) is 0 Å². The molecule has 1 aliphatic heterocycles. The van der Waals surface area contributed by atoms with Crippen molar-refractivity contribution in [3.63, 3.8) is 0 Å². The predicted octanol–water partition coefficient (Wildman–Crippen LogP) is 2.27. The molecule has 0 aromatic rings. The van der Waals surface area contributed by atoms with Crippen LogP contribution in [0.1, 0.15) is 39.0 Å². The summed E-state index contributed by atoms with van der Waals surface area (Å²) >= 11 is 0. The molecule has 76 valence electrons. The van der Waals surface area contributed by atoms with Gasteiger partial charge in [0, 0.05) is 6.61 Å². The molecule has 1 heterocycles. The minimum absolute atomic E-state index is 0.254. The first-order valence-electron chi connectivity index (χ1n) is 5.18. The van der Waals surface area contributed by atoms with Crippen LogP contribution >= 0.6 is 0 Å². The lowest BCUT2D eigenvalue weighted by molar-refractivity contribution is 0.0539. The minimum atomic E-state index is -0.254. The normalized spacial score (nSPS) is 24.6. The fraction of sp³-hybridized carbons (Fsp3) is 0.818. The van der Waals surface area contributed by atoms with Crippen molar-refractivity contribution in [2.45, 2.75) is 51.2 Å². The molecule has 0 aliphatic carbocycles. The molecule has 1 fully saturated rings. The van der Waals surface area contributed by atoms with Gasteiger partial charge in [0.25, 0.3) is 0 Å². The number of aliphatic hydroxyl groups excluding tert-OH is 1. The predicted molar refractivity (Wildman–Crippen MR) is 53.6 cm³/mol. The van der Waals surface area contributed by atoms with Crippen molar-refractivity contribution < 1.29 is 9.84 Å². The maximum absolute atomic E-state index is 9.67. The highest BCUT2D eigenvalue weighted by atomic mass is 16.5. The fourth-order valence-electron chi connectivity index (χ4n) is 1.69. The van der Waals surface area contributed by atoms with Gasteiger partial charge in [0.05, 0.1) is 12.2 Å². The van der Waals surface area contributed by atoms with Gasteiger partial charge in [-0.25, -0.2) is 0 Å². The third-order valence-corrected chi connectivity index (χ3v) is 2.58. The Kier molecular flexibility index (Phi) is 4.46. The first-order valence-corrected chi connectivity index (χ1v) is 5.18. The van der Waals surface area contributed by atoms with E-state index in [-0.39, 0.29) is 6.10 Å². The van der Waals surface area contributed by atoms with Gasteiger partial charge in [-0.15, -0.1) is 0 Å². The van der Waals surface area contributed by atoms with Gasteiger partial charge in [-0.2, -0.15) is 0 Å². The second-order valence-corrected chi connectivity index (χ2v) is 3.83. The van der Waals surface area contributed by atoms with Crippen LogP contribution in [0.25, 0.3) is 0 Å². The van der Waals surface area contributed by atoms with Crippen LogP contribution in [-0.2, 0) is 4.74 Å². The lowest BCUT2D eigenvalue weighted by Gasteiger charge is -2.15. The SMILES string of the molecule is C=C(CC)CC(O)CC1CCCO1. The minimum Gasteiger partial charge on any atom is -0.393 e. The summed E-state index contributed by atoms with van der Waals surface area (Å²) in [7, 11) is 0. The maximum atomic E-state index is 9.67. The quantitative estimate of drug-likeness (QED) is 0.664. The second kappa shape index (κ2) is 5.40. The fourth-order valence-corrected chi connectivity index (χ4v) is 1.69. The maximum Gasteiger partial charge on any atom is 0.0601 e. The summed E-state index contributed by atoms with van der Waals surface area (Å²) in [5, 5.41) is 9.67. The Balaban J connectivity index is 2.16. The molecule has 1 saturated heterocycles. The largest absolute Gasteiger partial charge is 0.393 e. The number of rotatable bonds is 5. The molecule has 1 N–H and O–H groups in total. The van der Waals surface area contributed by atoms with Gasteiger partial charge in [-0.3, -0.25) is 0 Å². The number of hydrogen-bond acceptors (Lipinski definition) is 2. The summed E-state index contributed by atoms with van der Waals surface area (Å²) in [5.41, 5.74) is 1.13. The van der Waals surface area contributed by atoms with E-state index in [0.717, 1.165) is 44.3 Å². The van der Waals surface area contributed by atoms with Gasteiger partial charge in [0.15, 0.2) is 0 Å². The van der Waals surface area contributed by atoms with Crippen LogP contribution in [0.5, 0.6) is 0 Å². The first kappa shape index (κ1) is 10.7. The van der Waals surface area contributed by atoms with E-state index in [4.69, 9.17) is 4.74 Å². The standard InChI is InChI=1S/C11H20O2/c1-3-9(2)7-10(12)8-11-5-4-6-13-11/h10-12H,2-8H2,1H3. The molecule has 0 saturated carbocycles. The Hall–Kier alpha value is -0.340. The first-order chi connectivity index (χ1) is 6.22. The van der Waals surface area contributed by atoms with E-state index in [0.29, 0.717) is 6.10 Å². The highest BCUT2D eigenvalue weighted by Crippen LogP contribution is 2.19. The van der Waals surface area contributed by atoms with E-state index in [1.807, 2.05) is 0 Å². The highest BCUT2D eigenvalue weighted by molar-refractivity contribution is 4.95. The molecule has 13 heavy (non-hydrogen) atoms. The molecule has 0 amide bonds. The number of aliphatic hydroxyl groups is 1. The van der Waals surface area contributed by atoms with Gasteiger partial charge >= 0.3 is 0 Å². The molecule has 2 nitrogen and oxygen atoms in total. The lowest BCUT2D eigenvalue weighted by atomic mass is 10.0. The zero-order valence-corrected chi connectivity index (χ0v) is 8.46. The molecule has 2 atom stereocenters. The van der Waals surface area contributed by atoms with Crippen molar-refractivity contribution in [2.75, 3.05) is 6.61 Å². The molecule has 1 rings (SSSR count). The molecular weight excluding hydrogens is 164 g/mol. The van der Waals surface area contributed by atoms with E-state index in [1.54, 1.807) is 0 Å². The Morgan fingerprint density at radius 2 is 2.46 bits per heavy atom. The summed E-state index contributed by atoms with van der Waals surface area (Å²) < 4.78 is 5.45. The summed E-state index contributed by atoms with van der Waals surface area (Å²) in [6, 6.07) is 0. The van der Waals surface area contributed by atoms with Gasteiger partial charge in [0.2, 0.25) is 0 Å². The lowest BCUT2D eigenvalue weighted by Crippen LogP contribution is -2.17. The summed E-state index contributed by atoms with van der Waals surface area (Å²) in [6.07, 6.45) is 4.76. The molecule has 0 bridgehead atoms. The molecule has 2 unspecified atom stereocenters. The monoisotopic (exact) mass is 184 g/mol. The molecule has 0 aromatic carbocycles. The molecule has 0 radical (unpaired) electrons. The Bertz CT molecular complexity index is 159. The zero-order chi connectivity index (χ0) is 9.68. The molecule has 2 heteroatoms. The van der Waals surface area contributed by atoms with Crippen LogP contribution in [0.3, 0.4) is 0 Å². The Morgan fingerprint density at radius 3 is 3.00 bits per heavy atom. The van der Waals surface area contributed by atoms with Crippen molar-refractivity contribution in [1.82, 2.24) is 0 Å². The van der Waals surface area contributed by atoms with Gasteiger partial charge in [0.1, 0.15) is 0 Å². The molecule has 1 aliphatic rings. The van der Waals surface area contributed by atoms with Crippen LogP contribution in [-0.4, -0.2) is 23.9 Å². The molecule has 0 spiro atoms. The molecule has 0 aromatic heterocycles. The van der Waals surface area contributed by atoms with E-state index >= 15 is 0 Å².